The Morgan fingerprint density at radius 2 is 2.00 bits per heavy atom. The van der Waals surface area contributed by atoms with E-state index in [1.54, 1.807) is 17.0 Å². The summed E-state index contributed by atoms with van der Waals surface area (Å²) < 4.78 is 6.54. The van der Waals surface area contributed by atoms with Gasteiger partial charge in [-0.05, 0) is 44.7 Å². The summed E-state index contributed by atoms with van der Waals surface area (Å²) >= 11 is 0. The molecule has 1 saturated heterocycles. The van der Waals surface area contributed by atoms with Crippen molar-refractivity contribution >= 4 is 0 Å². The van der Waals surface area contributed by atoms with Crippen LogP contribution >= 0.6 is 0 Å². The molecular formula is C16H21N5O2. The van der Waals surface area contributed by atoms with Gasteiger partial charge in [0.15, 0.2) is 5.82 Å². The van der Waals surface area contributed by atoms with Crippen LogP contribution in [-0.4, -0.2) is 37.7 Å². The molecule has 122 valence electrons. The van der Waals surface area contributed by atoms with Gasteiger partial charge in [-0.3, -0.25) is 14.3 Å². The van der Waals surface area contributed by atoms with Gasteiger partial charge < -0.3 is 4.52 Å². The van der Waals surface area contributed by atoms with Gasteiger partial charge in [0.25, 0.3) is 5.56 Å². The van der Waals surface area contributed by atoms with E-state index in [0.717, 1.165) is 50.5 Å². The number of hydrogen-bond donors (Lipinski definition) is 0. The maximum atomic E-state index is 12.2. The van der Waals surface area contributed by atoms with E-state index in [9.17, 15) is 4.79 Å². The summed E-state index contributed by atoms with van der Waals surface area (Å²) in [6, 6.07) is 1.73. The predicted octanol–water partition coefficient (Wildman–Crippen LogP) is 1.42. The van der Waals surface area contributed by atoms with Gasteiger partial charge in [-0.25, -0.2) is 4.98 Å². The highest BCUT2D eigenvalue weighted by Crippen LogP contribution is 2.38. The summed E-state index contributed by atoms with van der Waals surface area (Å²) in [6.07, 6.45) is 7.61. The van der Waals surface area contributed by atoms with Gasteiger partial charge in [0.05, 0.1) is 18.6 Å². The predicted molar refractivity (Wildman–Crippen MR) is 82.8 cm³/mol. The Balaban J connectivity index is 1.31. The summed E-state index contributed by atoms with van der Waals surface area (Å²) in [6.45, 7) is 3.51. The van der Waals surface area contributed by atoms with E-state index in [1.807, 2.05) is 0 Å². The van der Waals surface area contributed by atoms with Crippen LogP contribution in [0.4, 0.5) is 0 Å². The first-order valence-electron chi connectivity index (χ1n) is 8.32. The molecule has 0 N–H and O–H groups in total. The molecule has 0 aromatic carbocycles. The fraction of sp³-hybridized carbons (Fsp3) is 0.625. The summed E-state index contributed by atoms with van der Waals surface area (Å²) in [5.74, 6) is 1.80. The van der Waals surface area contributed by atoms with Gasteiger partial charge in [-0.15, -0.1) is 0 Å². The molecule has 7 nitrogen and oxygen atoms in total. The lowest BCUT2D eigenvalue weighted by atomic mass is 9.96. The quantitative estimate of drug-likeness (QED) is 0.830. The smallest absolute Gasteiger partial charge is 0.253 e. The Hall–Kier alpha value is -2.02. The van der Waals surface area contributed by atoms with E-state index >= 15 is 0 Å². The number of piperidine rings is 1. The summed E-state index contributed by atoms with van der Waals surface area (Å²) in [4.78, 5) is 23.1. The van der Waals surface area contributed by atoms with Crippen molar-refractivity contribution in [2.24, 2.45) is 5.92 Å². The molecular weight excluding hydrogens is 294 g/mol. The van der Waals surface area contributed by atoms with Crippen molar-refractivity contribution in [1.29, 1.82) is 0 Å². The minimum absolute atomic E-state index is 0.0936. The number of rotatable bonds is 5. The van der Waals surface area contributed by atoms with Crippen molar-refractivity contribution in [2.75, 3.05) is 13.1 Å². The highest BCUT2D eigenvalue weighted by molar-refractivity contribution is 5.12. The first-order valence-corrected chi connectivity index (χ1v) is 8.32. The van der Waals surface area contributed by atoms with Crippen LogP contribution in [0.3, 0.4) is 0 Å². The Morgan fingerprint density at radius 3 is 2.65 bits per heavy atom. The average molecular weight is 315 g/mol. The Bertz CT molecular complexity index is 700. The van der Waals surface area contributed by atoms with Crippen molar-refractivity contribution < 1.29 is 4.52 Å². The number of aromatic nitrogens is 4. The largest absolute Gasteiger partial charge is 0.343 e. The molecule has 0 atom stereocenters. The van der Waals surface area contributed by atoms with Crippen molar-refractivity contribution in [1.82, 2.24) is 24.6 Å². The second kappa shape index (κ2) is 6.23. The minimum atomic E-state index is 0.0936. The first-order chi connectivity index (χ1) is 11.3. The monoisotopic (exact) mass is 315 g/mol. The third-order valence-electron chi connectivity index (χ3n) is 4.83. The lowest BCUT2D eigenvalue weighted by Gasteiger charge is -2.31. The summed E-state index contributed by atoms with van der Waals surface area (Å²) in [5.41, 5.74) is 1.07. The third kappa shape index (κ3) is 3.50. The van der Waals surface area contributed by atoms with E-state index in [4.69, 9.17) is 4.52 Å². The number of hydrogen-bond acceptors (Lipinski definition) is 6. The van der Waals surface area contributed by atoms with Crippen molar-refractivity contribution in [2.45, 2.75) is 44.7 Å². The highest BCUT2D eigenvalue weighted by atomic mass is 16.5. The first kappa shape index (κ1) is 14.6. The molecule has 4 rings (SSSR count). The van der Waals surface area contributed by atoms with Gasteiger partial charge in [-0.1, -0.05) is 5.16 Å². The van der Waals surface area contributed by atoms with Gasteiger partial charge in [-0.2, -0.15) is 4.98 Å². The molecule has 2 aliphatic rings. The standard InChI is InChI=1S/C16H21N5O2/c22-16-7-14(13-1-2-13)17-10-21(16)8-12-3-5-20(6-4-12)9-15-18-11-23-19-15/h7,10-13H,1-6,8-9H2. The zero-order chi connectivity index (χ0) is 15.6. The normalized spacial score (nSPS) is 20.0. The lowest BCUT2D eigenvalue weighted by Crippen LogP contribution is -2.36. The third-order valence-corrected chi connectivity index (χ3v) is 4.83. The highest BCUT2D eigenvalue weighted by Gasteiger charge is 2.26. The molecule has 1 aliphatic heterocycles. The SMILES string of the molecule is O=c1cc(C2CC2)ncn1CC1CCN(Cc2ncon2)CC1. The van der Waals surface area contributed by atoms with Gasteiger partial charge >= 0.3 is 0 Å². The molecule has 0 amide bonds. The summed E-state index contributed by atoms with van der Waals surface area (Å²) in [5, 5.41) is 3.85. The molecule has 0 bridgehead atoms. The molecule has 2 aromatic rings. The molecule has 3 heterocycles. The Morgan fingerprint density at radius 1 is 1.17 bits per heavy atom. The molecule has 0 spiro atoms. The van der Waals surface area contributed by atoms with Crippen LogP contribution in [0.1, 0.15) is 43.1 Å². The van der Waals surface area contributed by atoms with E-state index in [0.29, 0.717) is 11.8 Å². The fourth-order valence-electron chi connectivity index (χ4n) is 3.25. The minimum Gasteiger partial charge on any atom is -0.343 e. The van der Waals surface area contributed by atoms with Crippen LogP contribution in [0.2, 0.25) is 0 Å². The topological polar surface area (TPSA) is 77.0 Å². The van der Waals surface area contributed by atoms with E-state index < -0.39 is 0 Å². The molecule has 23 heavy (non-hydrogen) atoms. The zero-order valence-corrected chi connectivity index (χ0v) is 13.1. The second-order valence-corrected chi connectivity index (χ2v) is 6.65. The summed E-state index contributed by atoms with van der Waals surface area (Å²) in [7, 11) is 0. The van der Waals surface area contributed by atoms with E-state index in [1.165, 1.54) is 19.2 Å². The van der Waals surface area contributed by atoms with E-state index in [-0.39, 0.29) is 5.56 Å². The molecule has 0 radical (unpaired) electrons. The Labute approximate surface area is 134 Å². The fourth-order valence-corrected chi connectivity index (χ4v) is 3.25. The van der Waals surface area contributed by atoms with Crippen LogP contribution in [-0.2, 0) is 13.1 Å². The molecule has 1 saturated carbocycles. The van der Waals surface area contributed by atoms with Crippen LogP contribution < -0.4 is 5.56 Å². The number of nitrogens with zero attached hydrogens (tertiary/aromatic N) is 5. The molecule has 0 unspecified atom stereocenters. The van der Waals surface area contributed by atoms with Crippen LogP contribution in [0, 0.1) is 5.92 Å². The maximum Gasteiger partial charge on any atom is 0.253 e. The molecule has 1 aliphatic carbocycles. The average Bonchev–Trinajstić information content (AvgIpc) is 3.29. The molecule has 2 aromatic heterocycles. The zero-order valence-electron chi connectivity index (χ0n) is 13.1. The maximum absolute atomic E-state index is 12.2. The second-order valence-electron chi connectivity index (χ2n) is 6.65. The van der Waals surface area contributed by atoms with Gasteiger partial charge in [0, 0.05) is 18.5 Å². The van der Waals surface area contributed by atoms with Crippen molar-refractivity contribution in [3.05, 3.63) is 40.7 Å². The van der Waals surface area contributed by atoms with Crippen LogP contribution in [0.15, 0.2) is 28.1 Å². The van der Waals surface area contributed by atoms with E-state index in [2.05, 4.69) is 20.0 Å². The van der Waals surface area contributed by atoms with Gasteiger partial charge in [0.1, 0.15) is 0 Å². The van der Waals surface area contributed by atoms with Gasteiger partial charge in [0.2, 0.25) is 6.39 Å². The van der Waals surface area contributed by atoms with Crippen molar-refractivity contribution in [3.8, 4) is 0 Å². The van der Waals surface area contributed by atoms with Crippen molar-refractivity contribution in [3.63, 3.8) is 0 Å². The van der Waals surface area contributed by atoms with Crippen LogP contribution in [0.5, 0.6) is 0 Å². The Kier molecular flexibility index (Phi) is 3.95. The molecule has 7 heteroatoms. The van der Waals surface area contributed by atoms with Crippen LogP contribution in [0.25, 0.3) is 0 Å². The number of likely N-dealkylation sites (tertiary alicyclic amines) is 1. The lowest BCUT2D eigenvalue weighted by molar-refractivity contribution is 0.161. The molecule has 2 fully saturated rings.